The van der Waals surface area contributed by atoms with Crippen molar-refractivity contribution in [2.75, 3.05) is 13.7 Å². The average Bonchev–Trinajstić information content (AvgIpc) is 3.19. The Balaban J connectivity index is 2.09. The van der Waals surface area contributed by atoms with E-state index in [4.69, 9.17) is 0 Å². The molecule has 3 unspecified atom stereocenters. The van der Waals surface area contributed by atoms with Crippen molar-refractivity contribution >= 4 is 45.4 Å². The van der Waals surface area contributed by atoms with Gasteiger partial charge in [-0.3, -0.25) is 14.4 Å². The fourth-order valence-electron chi connectivity index (χ4n) is 5.00. The molecule has 0 aromatic carbocycles. The lowest BCUT2D eigenvalue weighted by atomic mass is 9.70. The van der Waals surface area contributed by atoms with E-state index in [0.29, 0.717) is 12.8 Å². The number of nitrogens with one attached hydrogen (secondary N) is 2. The highest BCUT2D eigenvalue weighted by atomic mass is 79.9. The molecule has 1 spiro atoms. The second-order valence-corrected chi connectivity index (χ2v) is 10.6. The Hall–Kier alpha value is -0.800. The van der Waals surface area contributed by atoms with Gasteiger partial charge in [-0.1, -0.05) is 22.9 Å². The number of rotatable bonds is 6. The van der Waals surface area contributed by atoms with Crippen LogP contribution in [0.3, 0.4) is 0 Å². The van der Waals surface area contributed by atoms with Gasteiger partial charge in [0.2, 0.25) is 17.7 Å². The summed E-state index contributed by atoms with van der Waals surface area (Å²) in [6.07, 6.45) is 1.20. The molecule has 27 heavy (non-hydrogen) atoms. The number of likely N-dealkylation sites (tertiary alicyclic amines) is 1. The first kappa shape index (κ1) is 20.9. The smallest absolute Gasteiger partial charge is 0.244 e. The van der Waals surface area contributed by atoms with Gasteiger partial charge in [0.25, 0.3) is 0 Å². The minimum Gasteiger partial charge on any atom is -0.394 e. The minimum absolute atomic E-state index is 0.0374. The molecule has 9 heteroatoms. The Kier molecular flexibility index (Phi) is 5.85. The molecule has 152 valence electrons. The number of aliphatic hydroxyl groups is 1. The Labute approximate surface area is 172 Å². The van der Waals surface area contributed by atoms with Crippen molar-refractivity contribution in [2.45, 2.75) is 66.6 Å². The van der Waals surface area contributed by atoms with E-state index in [1.165, 1.54) is 0 Å². The molecule has 3 saturated heterocycles. The van der Waals surface area contributed by atoms with Crippen LogP contribution in [-0.4, -0.2) is 74.3 Å². The summed E-state index contributed by atoms with van der Waals surface area (Å²) in [5.41, 5.74) is 0. The summed E-state index contributed by atoms with van der Waals surface area (Å²) in [6, 6.07) is -1.17. The number of carbonyl (C=O) groups is 3. The topological polar surface area (TPSA) is 98.7 Å². The van der Waals surface area contributed by atoms with Crippen LogP contribution < -0.4 is 10.6 Å². The average molecular weight is 462 g/mol. The first-order valence-corrected chi connectivity index (χ1v) is 11.3. The first-order valence-electron chi connectivity index (χ1n) is 9.50. The van der Waals surface area contributed by atoms with E-state index in [1.807, 2.05) is 20.8 Å². The van der Waals surface area contributed by atoms with Gasteiger partial charge >= 0.3 is 0 Å². The number of hydrogen-bond acceptors (Lipinski definition) is 5. The summed E-state index contributed by atoms with van der Waals surface area (Å²) in [4.78, 5) is 41.0. The van der Waals surface area contributed by atoms with Gasteiger partial charge in [0, 0.05) is 23.2 Å². The van der Waals surface area contributed by atoms with Gasteiger partial charge in [-0.05, 0) is 26.7 Å². The molecule has 0 saturated carbocycles. The highest BCUT2D eigenvalue weighted by Gasteiger charge is 2.76. The molecule has 3 fully saturated rings. The molecule has 0 aromatic heterocycles. The van der Waals surface area contributed by atoms with E-state index in [-0.39, 0.29) is 40.4 Å². The van der Waals surface area contributed by atoms with Crippen molar-refractivity contribution in [2.24, 2.45) is 11.8 Å². The number of carbonyl (C=O) groups excluding carboxylic acids is 3. The molecule has 3 rings (SSSR count). The van der Waals surface area contributed by atoms with Gasteiger partial charge < -0.3 is 20.6 Å². The third-order valence-electron chi connectivity index (χ3n) is 6.03. The van der Waals surface area contributed by atoms with Gasteiger partial charge in [0.15, 0.2) is 0 Å². The third kappa shape index (κ3) is 3.00. The van der Waals surface area contributed by atoms with E-state index in [2.05, 4.69) is 26.6 Å². The molecule has 3 aliphatic heterocycles. The van der Waals surface area contributed by atoms with Crippen molar-refractivity contribution in [3.63, 3.8) is 0 Å². The number of fused-ring (bicyclic) bond motifs is 1. The molecule has 0 radical (unpaired) electrons. The van der Waals surface area contributed by atoms with Crippen LogP contribution in [0.2, 0.25) is 0 Å². The van der Waals surface area contributed by atoms with Gasteiger partial charge in [0.1, 0.15) is 6.04 Å². The Morgan fingerprint density at radius 1 is 1.41 bits per heavy atom. The Bertz CT molecular complexity index is 644. The molecule has 0 aromatic rings. The molecule has 3 aliphatic rings. The number of nitrogens with zero attached hydrogens (tertiary/aromatic N) is 1. The zero-order valence-electron chi connectivity index (χ0n) is 16.1. The standard InChI is InChI=1S/C18H28BrN3O4S/c1-5-9(7-23)22-14(16(25)21-8(2)3)18-6-10(19)13(27-18)11(15(24)20-4)12(18)17(22)26/h8-14,23H,5-7H2,1-4H3,(H,20,24)(H,21,25)/t9-,10?,11-,12-,13-,14?,18?/m0/s1. The van der Waals surface area contributed by atoms with Crippen molar-refractivity contribution in [3.05, 3.63) is 0 Å². The highest BCUT2D eigenvalue weighted by molar-refractivity contribution is 9.09. The number of hydrogen-bond donors (Lipinski definition) is 3. The largest absolute Gasteiger partial charge is 0.394 e. The molecule has 3 N–H and O–H groups in total. The number of amides is 3. The second-order valence-electron chi connectivity index (χ2n) is 7.93. The lowest BCUT2D eigenvalue weighted by Crippen LogP contribution is -2.57. The summed E-state index contributed by atoms with van der Waals surface area (Å²) >= 11 is 5.30. The molecular weight excluding hydrogens is 434 g/mol. The molecule has 7 atom stereocenters. The summed E-state index contributed by atoms with van der Waals surface area (Å²) in [5.74, 6) is -1.54. The van der Waals surface area contributed by atoms with Crippen LogP contribution in [0.15, 0.2) is 0 Å². The van der Waals surface area contributed by atoms with Crippen LogP contribution >= 0.6 is 27.7 Å². The summed E-state index contributed by atoms with van der Waals surface area (Å²) in [7, 11) is 1.58. The lowest BCUT2D eigenvalue weighted by molar-refractivity contribution is -0.142. The van der Waals surface area contributed by atoms with Gasteiger partial charge in [0.05, 0.1) is 29.2 Å². The molecule has 3 heterocycles. The van der Waals surface area contributed by atoms with Crippen LogP contribution in [0, 0.1) is 11.8 Å². The van der Waals surface area contributed by atoms with Crippen LogP contribution in [0.4, 0.5) is 0 Å². The second kappa shape index (κ2) is 7.55. The number of alkyl halides is 1. The van der Waals surface area contributed by atoms with E-state index in [1.54, 1.807) is 23.7 Å². The van der Waals surface area contributed by atoms with Crippen molar-refractivity contribution < 1.29 is 19.5 Å². The predicted molar refractivity (Wildman–Crippen MR) is 108 cm³/mol. The van der Waals surface area contributed by atoms with Crippen molar-refractivity contribution in [1.82, 2.24) is 15.5 Å². The van der Waals surface area contributed by atoms with Crippen LogP contribution in [0.5, 0.6) is 0 Å². The fraction of sp³-hybridized carbons (Fsp3) is 0.833. The van der Waals surface area contributed by atoms with E-state index in [9.17, 15) is 19.5 Å². The molecule has 3 amide bonds. The van der Waals surface area contributed by atoms with E-state index < -0.39 is 28.7 Å². The highest BCUT2D eigenvalue weighted by Crippen LogP contribution is 2.67. The van der Waals surface area contributed by atoms with E-state index >= 15 is 0 Å². The van der Waals surface area contributed by atoms with Crippen molar-refractivity contribution in [3.8, 4) is 0 Å². The summed E-state index contributed by atoms with van der Waals surface area (Å²) in [6.45, 7) is 5.47. The van der Waals surface area contributed by atoms with E-state index in [0.717, 1.165) is 0 Å². The number of halogens is 1. The number of aliphatic hydroxyl groups excluding tert-OH is 1. The molecule has 7 nitrogen and oxygen atoms in total. The first-order chi connectivity index (χ1) is 12.7. The summed E-state index contributed by atoms with van der Waals surface area (Å²) < 4.78 is -0.644. The zero-order chi connectivity index (χ0) is 20.1. The minimum atomic E-state index is -0.681. The third-order valence-corrected chi connectivity index (χ3v) is 9.25. The Morgan fingerprint density at radius 3 is 2.59 bits per heavy atom. The van der Waals surface area contributed by atoms with Gasteiger partial charge in [-0.15, -0.1) is 11.8 Å². The summed E-state index contributed by atoms with van der Waals surface area (Å²) in [5, 5.41) is 15.5. The lowest BCUT2D eigenvalue weighted by Gasteiger charge is -2.37. The quantitative estimate of drug-likeness (QED) is 0.500. The normalized spacial score (nSPS) is 38.3. The molecular formula is C18H28BrN3O4S. The monoisotopic (exact) mass is 461 g/mol. The Morgan fingerprint density at radius 2 is 2.07 bits per heavy atom. The maximum absolute atomic E-state index is 13.5. The SMILES string of the molecule is CC[C@@H](CO)N1C(=O)[C@@H]2[C@H](C(=O)NC)[C@H]3SC2(CC3Br)C1C(=O)NC(C)C. The number of thioether (sulfide) groups is 1. The van der Waals surface area contributed by atoms with Crippen LogP contribution in [0.1, 0.15) is 33.6 Å². The molecule has 2 bridgehead atoms. The zero-order valence-corrected chi connectivity index (χ0v) is 18.5. The predicted octanol–water partition coefficient (Wildman–Crippen LogP) is 0.493. The van der Waals surface area contributed by atoms with Crippen LogP contribution in [-0.2, 0) is 14.4 Å². The van der Waals surface area contributed by atoms with Crippen LogP contribution in [0.25, 0.3) is 0 Å². The maximum atomic E-state index is 13.5. The van der Waals surface area contributed by atoms with Gasteiger partial charge in [-0.25, -0.2) is 0 Å². The van der Waals surface area contributed by atoms with Crippen molar-refractivity contribution in [1.29, 1.82) is 0 Å². The fourth-order valence-corrected chi connectivity index (χ4v) is 8.60. The van der Waals surface area contributed by atoms with Gasteiger partial charge in [-0.2, -0.15) is 0 Å². The maximum Gasteiger partial charge on any atom is 0.244 e. The molecule has 0 aliphatic carbocycles.